The van der Waals surface area contributed by atoms with Gasteiger partial charge in [-0.05, 0) is 19.3 Å². The van der Waals surface area contributed by atoms with E-state index in [2.05, 4.69) is 0 Å². The second kappa shape index (κ2) is 17.3. The van der Waals surface area contributed by atoms with E-state index in [-0.39, 0.29) is 18.1 Å². The van der Waals surface area contributed by atoms with Gasteiger partial charge in [0.15, 0.2) is 0 Å². The van der Waals surface area contributed by atoms with Gasteiger partial charge in [0, 0.05) is 24.7 Å². The molecule has 0 heterocycles. The van der Waals surface area contributed by atoms with Crippen LogP contribution in [-0.2, 0) is 23.9 Å². The summed E-state index contributed by atoms with van der Waals surface area (Å²) in [5.74, 6) is -3.89. The topological polar surface area (TPSA) is 174 Å². The van der Waals surface area contributed by atoms with Crippen molar-refractivity contribution in [3.05, 3.63) is 0 Å². The third-order valence-electron chi connectivity index (χ3n) is 3.91. The number of hydrogen-bond acceptors (Lipinski definition) is 9. The number of carboxylic acid groups (broad SMARTS) is 3. The highest BCUT2D eigenvalue weighted by Crippen LogP contribution is 2.12. The SMILES string of the molecule is CCC(O)COCCCCOCC(O)CSCC(C(=O)O)N(CC(=O)O)CC(=O)O. The van der Waals surface area contributed by atoms with Crippen LogP contribution in [0.15, 0.2) is 0 Å². The molecule has 0 aliphatic heterocycles. The van der Waals surface area contributed by atoms with Gasteiger partial charge in [-0.25, -0.2) is 0 Å². The van der Waals surface area contributed by atoms with E-state index in [4.69, 9.17) is 19.7 Å². The van der Waals surface area contributed by atoms with Crippen molar-refractivity contribution in [3.8, 4) is 0 Å². The first kappa shape index (κ1) is 28.6. The Hall–Kier alpha value is -1.44. The van der Waals surface area contributed by atoms with Crippen molar-refractivity contribution in [1.29, 1.82) is 0 Å². The molecule has 3 unspecified atom stereocenters. The van der Waals surface area contributed by atoms with Gasteiger partial charge in [0.05, 0.1) is 38.5 Å². The van der Waals surface area contributed by atoms with Crippen molar-refractivity contribution >= 4 is 29.7 Å². The van der Waals surface area contributed by atoms with Crippen molar-refractivity contribution in [2.75, 3.05) is 51.0 Å². The van der Waals surface area contributed by atoms with Gasteiger partial charge in [0.1, 0.15) is 6.04 Å². The Morgan fingerprint density at radius 3 is 1.80 bits per heavy atom. The van der Waals surface area contributed by atoms with Crippen LogP contribution in [0.4, 0.5) is 0 Å². The molecule has 5 N–H and O–H groups in total. The van der Waals surface area contributed by atoms with Crippen molar-refractivity contribution in [2.24, 2.45) is 0 Å². The molecule has 176 valence electrons. The predicted molar refractivity (Wildman–Crippen MR) is 109 cm³/mol. The number of thioether (sulfide) groups is 1. The Labute approximate surface area is 180 Å². The number of hydrogen-bond donors (Lipinski definition) is 5. The summed E-state index contributed by atoms with van der Waals surface area (Å²) >= 11 is 1.08. The summed E-state index contributed by atoms with van der Waals surface area (Å²) in [6.07, 6.45) is 0.832. The minimum atomic E-state index is -1.33. The molecule has 0 aliphatic carbocycles. The van der Waals surface area contributed by atoms with Gasteiger partial charge in [-0.15, -0.1) is 0 Å². The summed E-state index contributed by atoms with van der Waals surface area (Å²) in [6, 6.07) is -1.30. The Balaban J connectivity index is 4.06. The van der Waals surface area contributed by atoms with Crippen LogP contribution < -0.4 is 0 Å². The van der Waals surface area contributed by atoms with Crippen LogP contribution in [0.3, 0.4) is 0 Å². The van der Waals surface area contributed by atoms with Crippen LogP contribution in [0.5, 0.6) is 0 Å². The fourth-order valence-corrected chi connectivity index (χ4v) is 3.37. The Kier molecular flexibility index (Phi) is 16.4. The number of rotatable bonds is 20. The van der Waals surface area contributed by atoms with E-state index in [0.29, 0.717) is 26.2 Å². The average Bonchev–Trinajstić information content (AvgIpc) is 2.65. The van der Waals surface area contributed by atoms with Crippen LogP contribution in [0.25, 0.3) is 0 Å². The molecule has 0 saturated heterocycles. The highest BCUT2D eigenvalue weighted by atomic mass is 32.2. The lowest BCUT2D eigenvalue weighted by Gasteiger charge is -2.25. The molecular weight excluding hydrogens is 422 g/mol. The summed E-state index contributed by atoms with van der Waals surface area (Å²) in [7, 11) is 0. The fraction of sp³-hybridized carbons (Fsp3) is 0.833. The summed E-state index contributed by atoms with van der Waals surface area (Å²) in [5.41, 5.74) is 0. The lowest BCUT2D eigenvalue weighted by Crippen LogP contribution is -2.48. The van der Waals surface area contributed by atoms with Crippen LogP contribution in [-0.4, -0.2) is 118 Å². The highest BCUT2D eigenvalue weighted by molar-refractivity contribution is 7.99. The quantitative estimate of drug-likeness (QED) is 0.150. The molecule has 12 heteroatoms. The number of carboxylic acids is 3. The number of aliphatic hydroxyl groups is 2. The van der Waals surface area contributed by atoms with Gasteiger partial charge in [0.25, 0.3) is 0 Å². The van der Waals surface area contributed by atoms with Crippen LogP contribution in [0.2, 0.25) is 0 Å². The van der Waals surface area contributed by atoms with Crippen LogP contribution >= 0.6 is 11.8 Å². The van der Waals surface area contributed by atoms with E-state index in [1.165, 1.54) is 0 Å². The maximum Gasteiger partial charge on any atom is 0.321 e. The third kappa shape index (κ3) is 15.4. The van der Waals surface area contributed by atoms with Gasteiger partial charge in [0.2, 0.25) is 0 Å². The zero-order valence-electron chi connectivity index (χ0n) is 17.1. The second-order valence-electron chi connectivity index (χ2n) is 6.66. The molecule has 0 aromatic heterocycles. The molecule has 0 fully saturated rings. The lowest BCUT2D eigenvalue weighted by atomic mass is 10.2. The molecule has 3 atom stereocenters. The first-order valence-corrected chi connectivity index (χ1v) is 10.8. The van der Waals surface area contributed by atoms with Gasteiger partial charge in [-0.2, -0.15) is 11.8 Å². The first-order valence-electron chi connectivity index (χ1n) is 9.67. The summed E-state index contributed by atoms with van der Waals surface area (Å²) in [6.45, 7) is 1.75. The third-order valence-corrected chi connectivity index (χ3v) is 5.08. The Bertz CT molecular complexity index is 491. The molecule has 30 heavy (non-hydrogen) atoms. The lowest BCUT2D eigenvalue weighted by molar-refractivity contribution is -0.148. The minimum absolute atomic E-state index is 0.0636. The fourth-order valence-electron chi connectivity index (χ4n) is 2.29. The van der Waals surface area contributed by atoms with Crippen molar-refractivity contribution < 1.29 is 49.4 Å². The molecule has 0 rings (SSSR count). The van der Waals surface area contributed by atoms with E-state index >= 15 is 0 Å². The molecule has 0 saturated carbocycles. The first-order chi connectivity index (χ1) is 14.2. The molecule has 0 aromatic rings. The minimum Gasteiger partial charge on any atom is -0.480 e. The predicted octanol–water partition coefficient (Wildman–Crippen LogP) is -0.411. The largest absolute Gasteiger partial charge is 0.480 e. The van der Waals surface area contributed by atoms with E-state index in [1.807, 2.05) is 6.92 Å². The average molecular weight is 456 g/mol. The van der Waals surface area contributed by atoms with Crippen LogP contribution in [0.1, 0.15) is 26.2 Å². The number of unbranched alkanes of at least 4 members (excludes halogenated alkanes) is 1. The van der Waals surface area contributed by atoms with E-state index in [9.17, 15) is 29.7 Å². The van der Waals surface area contributed by atoms with Gasteiger partial charge >= 0.3 is 17.9 Å². The van der Waals surface area contributed by atoms with Gasteiger partial charge in [-0.1, -0.05) is 6.92 Å². The normalized spacial score (nSPS) is 14.4. The molecule has 0 aromatic carbocycles. The van der Waals surface area contributed by atoms with E-state index < -0.39 is 49.2 Å². The summed E-state index contributed by atoms with van der Waals surface area (Å²) in [4.78, 5) is 34.0. The molecule has 0 spiro atoms. The maximum absolute atomic E-state index is 11.4. The van der Waals surface area contributed by atoms with Gasteiger partial charge in [-0.3, -0.25) is 19.3 Å². The molecule has 0 aliphatic rings. The highest BCUT2D eigenvalue weighted by Gasteiger charge is 2.29. The molecule has 0 radical (unpaired) electrons. The number of aliphatic hydroxyl groups excluding tert-OH is 2. The number of carbonyl (C=O) groups is 3. The second-order valence-corrected chi connectivity index (χ2v) is 7.73. The molecule has 11 nitrogen and oxygen atoms in total. The zero-order valence-corrected chi connectivity index (χ0v) is 18.0. The maximum atomic E-state index is 11.4. The number of ether oxygens (including phenoxy) is 2. The van der Waals surface area contributed by atoms with Crippen molar-refractivity contribution in [1.82, 2.24) is 4.90 Å². The number of aliphatic carboxylic acids is 3. The molecule has 0 amide bonds. The van der Waals surface area contributed by atoms with Crippen LogP contribution in [0, 0.1) is 0 Å². The molecular formula is C18H33NO10S. The van der Waals surface area contributed by atoms with E-state index in [0.717, 1.165) is 29.5 Å². The summed E-state index contributed by atoms with van der Waals surface area (Å²) < 4.78 is 10.6. The smallest absolute Gasteiger partial charge is 0.321 e. The number of nitrogens with zero attached hydrogens (tertiary/aromatic N) is 1. The Morgan fingerprint density at radius 1 is 0.867 bits per heavy atom. The summed E-state index contributed by atoms with van der Waals surface area (Å²) in [5, 5.41) is 46.2. The molecule has 0 bridgehead atoms. The standard InChI is InChI=1S/C18H33NO10S/c1-2-13(20)9-28-5-3-4-6-29-10-14(21)11-30-12-15(18(26)27)19(7-16(22)23)8-17(24)25/h13-15,20-21H,2-12H2,1H3,(H,22,23)(H,24,25)(H,26,27). The zero-order chi connectivity index (χ0) is 22.9. The van der Waals surface area contributed by atoms with E-state index in [1.54, 1.807) is 0 Å². The van der Waals surface area contributed by atoms with Crippen molar-refractivity contribution in [2.45, 2.75) is 44.4 Å². The Morgan fingerprint density at radius 2 is 1.37 bits per heavy atom. The van der Waals surface area contributed by atoms with Crippen molar-refractivity contribution in [3.63, 3.8) is 0 Å². The van der Waals surface area contributed by atoms with Gasteiger partial charge < -0.3 is 35.0 Å². The monoisotopic (exact) mass is 455 g/mol.